The molecule has 3 rings (SSSR count). The van der Waals surface area contributed by atoms with E-state index in [1.54, 1.807) is 4.68 Å². The van der Waals surface area contributed by atoms with Crippen LogP contribution < -0.4 is 5.56 Å². The number of aliphatic carboxylic acids is 1. The van der Waals surface area contributed by atoms with Crippen LogP contribution in [0.1, 0.15) is 24.6 Å². The zero-order valence-electron chi connectivity index (χ0n) is 12.4. The largest absolute Gasteiger partial charge is 0.480 e. The highest BCUT2D eigenvalue weighted by atomic mass is 32.2. The summed E-state index contributed by atoms with van der Waals surface area (Å²) in [7, 11) is -3.56. The number of fused-ring (bicyclic) bond motifs is 1. The number of hydrogen-bond acceptors (Lipinski definition) is 5. The molecule has 0 spiro atoms. The lowest BCUT2D eigenvalue weighted by Crippen LogP contribution is -2.37. The van der Waals surface area contributed by atoms with E-state index < -0.39 is 27.6 Å². The minimum atomic E-state index is -3.56. The average molecular weight is 340 g/mol. The van der Waals surface area contributed by atoms with Gasteiger partial charge in [0.1, 0.15) is 6.67 Å². The third-order valence-electron chi connectivity index (χ3n) is 3.93. The van der Waals surface area contributed by atoms with Crippen molar-refractivity contribution in [2.75, 3.05) is 12.9 Å². The highest BCUT2D eigenvalue weighted by Gasteiger charge is 2.32. The van der Waals surface area contributed by atoms with Crippen LogP contribution in [-0.2, 0) is 21.4 Å². The van der Waals surface area contributed by atoms with Crippen molar-refractivity contribution < 1.29 is 18.3 Å². The number of hydrogen-bond donors (Lipinski definition) is 1. The standard InChI is InChI=1S/C13H16N4O5S/c1-23(21,22)16-8-14-5-4-9(16)11-7-12(18)17-10(13(19)20)3-2-6-15(11)17/h4-5,7,10H,2-3,6,8H2,1H3,(H,19,20). The molecule has 0 radical (unpaired) electrons. The van der Waals surface area contributed by atoms with Crippen molar-refractivity contribution in [1.82, 2.24) is 13.7 Å². The molecule has 0 bridgehead atoms. The van der Waals surface area contributed by atoms with E-state index in [0.29, 0.717) is 30.8 Å². The molecule has 1 unspecified atom stereocenters. The maximum Gasteiger partial charge on any atom is 0.328 e. The SMILES string of the molecule is CS(=O)(=O)N1CN=CC=C1c1cc(=O)n2n1CCCC2C(=O)O. The highest BCUT2D eigenvalue weighted by molar-refractivity contribution is 7.88. The first-order valence-electron chi connectivity index (χ1n) is 7.04. The molecular formula is C13H16N4O5S. The number of carbonyl (C=O) groups is 1. The monoisotopic (exact) mass is 340 g/mol. The van der Waals surface area contributed by atoms with Crippen molar-refractivity contribution in [3.05, 3.63) is 28.2 Å². The van der Waals surface area contributed by atoms with Crippen LogP contribution in [0.25, 0.3) is 5.70 Å². The molecule has 124 valence electrons. The number of carboxylic acids is 1. The van der Waals surface area contributed by atoms with Crippen molar-refractivity contribution in [3.63, 3.8) is 0 Å². The van der Waals surface area contributed by atoms with Crippen molar-refractivity contribution in [1.29, 1.82) is 0 Å². The summed E-state index contributed by atoms with van der Waals surface area (Å²) < 4.78 is 27.7. The van der Waals surface area contributed by atoms with Crippen LogP contribution in [0.15, 0.2) is 21.9 Å². The first-order valence-corrected chi connectivity index (χ1v) is 8.89. The molecule has 9 nitrogen and oxygen atoms in total. The summed E-state index contributed by atoms with van der Waals surface area (Å²) in [5.74, 6) is -1.07. The first kappa shape index (κ1) is 15.5. The fourth-order valence-electron chi connectivity index (χ4n) is 2.93. The number of aromatic nitrogens is 2. The van der Waals surface area contributed by atoms with E-state index in [1.165, 1.54) is 23.0 Å². The van der Waals surface area contributed by atoms with Gasteiger partial charge in [-0.1, -0.05) is 0 Å². The van der Waals surface area contributed by atoms with Gasteiger partial charge in [0.05, 0.1) is 17.6 Å². The van der Waals surface area contributed by atoms with E-state index in [0.717, 1.165) is 10.6 Å². The maximum absolute atomic E-state index is 12.2. The molecular weight excluding hydrogens is 324 g/mol. The quantitative estimate of drug-likeness (QED) is 0.812. The molecule has 0 amide bonds. The molecule has 2 aliphatic rings. The summed E-state index contributed by atoms with van der Waals surface area (Å²) in [6.07, 6.45) is 5.02. The van der Waals surface area contributed by atoms with Crippen LogP contribution in [0.5, 0.6) is 0 Å². The van der Waals surface area contributed by atoms with Gasteiger partial charge < -0.3 is 5.11 Å². The summed E-state index contributed by atoms with van der Waals surface area (Å²) in [5.41, 5.74) is 0.255. The second kappa shape index (κ2) is 5.37. The lowest BCUT2D eigenvalue weighted by Gasteiger charge is -2.29. The normalized spacial score (nSPS) is 21.0. The van der Waals surface area contributed by atoms with E-state index in [4.69, 9.17) is 0 Å². The summed E-state index contributed by atoms with van der Waals surface area (Å²) in [6.45, 7) is 0.389. The molecule has 0 aliphatic carbocycles. The van der Waals surface area contributed by atoms with E-state index in [2.05, 4.69) is 4.99 Å². The van der Waals surface area contributed by atoms with Gasteiger partial charge >= 0.3 is 5.97 Å². The zero-order chi connectivity index (χ0) is 16.8. The number of aliphatic imine (C=N–C) groups is 1. The fourth-order valence-corrected chi connectivity index (χ4v) is 3.72. The van der Waals surface area contributed by atoms with Gasteiger partial charge in [-0.15, -0.1) is 0 Å². The first-order chi connectivity index (χ1) is 10.8. The number of rotatable bonds is 3. The minimum Gasteiger partial charge on any atom is -0.480 e. The Morgan fingerprint density at radius 2 is 2.17 bits per heavy atom. The van der Waals surface area contributed by atoms with Crippen molar-refractivity contribution in [2.45, 2.75) is 25.4 Å². The Labute approximate surface area is 132 Å². The third-order valence-corrected chi connectivity index (χ3v) is 5.04. The van der Waals surface area contributed by atoms with Gasteiger partial charge in [0.25, 0.3) is 5.56 Å². The predicted molar refractivity (Wildman–Crippen MR) is 82.6 cm³/mol. The van der Waals surface area contributed by atoms with Crippen molar-refractivity contribution in [2.24, 2.45) is 4.99 Å². The average Bonchev–Trinajstić information content (AvgIpc) is 2.83. The molecule has 1 aromatic rings. The number of carboxylic acid groups (broad SMARTS) is 1. The number of sulfonamides is 1. The molecule has 0 fully saturated rings. The Kier molecular flexibility index (Phi) is 3.63. The Balaban J connectivity index is 2.17. The second-order valence-corrected chi connectivity index (χ2v) is 7.38. The van der Waals surface area contributed by atoms with E-state index in [-0.39, 0.29) is 6.67 Å². The molecule has 0 saturated carbocycles. The Morgan fingerprint density at radius 3 is 2.83 bits per heavy atom. The summed E-state index contributed by atoms with van der Waals surface area (Å²) in [4.78, 5) is 27.5. The second-order valence-electron chi connectivity index (χ2n) is 5.47. The van der Waals surface area contributed by atoms with Crippen molar-refractivity contribution in [3.8, 4) is 0 Å². The van der Waals surface area contributed by atoms with Gasteiger partial charge in [0.2, 0.25) is 10.0 Å². The van der Waals surface area contributed by atoms with Crippen molar-refractivity contribution >= 4 is 27.9 Å². The van der Waals surface area contributed by atoms with Gasteiger partial charge in [-0.05, 0) is 18.9 Å². The van der Waals surface area contributed by atoms with Crippen LogP contribution in [-0.4, -0.2) is 52.3 Å². The van der Waals surface area contributed by atoms with Gasteiger partial charge in [-0.3, -0.25) is 14.5 Å². The zero-order valence-corrected chi connectivity index (χ0v) is 13.2. The molecule has 23 heavy (non-hydrogen) atoms. The van der Waals surface area contributed by atoms with Crippen LogP contribution in [0.3, 0.4) is 0 Å². The highest BCUT2D eigenvalue weighted by Crippen LogP contribution is 2.27. The van der Waals surface area contributed by atoms with Gasteiger partial charge in [-0.25, -0.2) is 22.2 Å². The summed E-state index contributed by atoms with van der Waals surface area (Å²) >= 11 is 0. The fraction of sp³-hybridized carbons (Fsp3) is 0.462. The molecule has 1 N–H and O–H groups in total. The number of nitrogens with zero attached hydrogens (tertiary/aromatic N) is 4. The summed E-state index contributed by atoms with van der Waals surface area (Å²) in [6, 6.07) is 0.347. The van der Waals surface area contributed by atoms with E-state index in [9.17, 15) is 23.1 Å². The van der Waals surface area contributed by atoms with Gasteiger partial charge in [-0.2, -0.15) is 0 Å². The van der Waals surface area contributed by atoms with Crippen LogP contribution >= 0.6 is 0 Å². The molecule has 1 atom stereocenters. The smallest absolute Gasteiger partial charge is 0.328 e. The van der Waals surface area contributed by atoms with Crippen LogP contribution in [0.2, 0.25) is 0 Å². The topological polar surface area (TPSA) is 114 Å². The van der Waals surface area contributed by atoms with E-state index in [1.807, 2.05) is 0 Å². The maximum atomic E-state index is 12.2. The Morgan fingerprint density at radius 1 is 1.43 bits per heavy atom. The van der Waals surface area contributed by atoms with Crippen LogP contribution in [0.4, 0.5) is 0 Å². The van der Waals surface area contributed by atoms with Gasteiger partial charge in [0.15, 0.2) is 6.04 Å². The van der Waals surface area contributed by atoms with Gasteiger partial charge in [0, 0.05) is 18.8 Å². The summed E-state index contributed by atoms with van der Waals surface area (Å²) in [5, 5.41) is 9.30. The van der Waals surface area contributed by atoms with Crippen LogP contribution in [0, 0.1) is 0 Å². The lowest BCUT2D eigenvalue weighted by atomic mass is 10.1. The lowest BCUT2D eigenvalue weighted by molar-refractivity contribution is -0.142. The molecule has 10 heteroatoms. The molecule has 3 heterocycles. The third kappa shape index (κ3) is 2.58. The Bertz CT molecular complexity index is 877. The van der Waals surface area contributed by atoms with E-state index >= 15 is 0 Å². The number of allylic oxidation sites excluding steroid dienone is 1. The Hall–Kier alpha value is -2.36. The molecule has 2 aliphatic heterocycles. The molecule has 0 aromatic carbocycles. The minimum absolute atomic E-state index is 0.0631. The molecule has 1 aromatic heterocycles. The predicted octanol–water partition coefficient (Wildman–Crippen LogP) is -0.286. The molecule has 0 saturated heterocycles.